The van der Waals surface area contributed by atoms with E-state index >= 15 is 0 Å². The number of benzene rings is 1. The first-order valence-electron chi connectivity index (χ1n) is 6.58. The Labute approximate surface area is 117 Å². The first-order valence-corrected chi connectivity index (χ1v) is 6.58. The van der Waals surface area contributed by atoms with Gasteiger partial charge in [-0.15, -0.1) is 0 Å². The van der Waals surface area contributed by atoms with Crippen LogP contribution in [0.1, 0.15) is 22.9 Å². The minimum Gasteiger partial charge on any atom is -0.308 e. The number of nitrogens with one attached hydrogen (secondary N) is 1. The molecule has 1 N–H and O–H groups in total. The molecule has 2 aromatic heterocycles. The molecule has 0 aliphatic heterocycles. The fourth-order valence-corrected chi connectivity index (χ4v) is 2.47. The van der Waals surface area contributed by atoms with E-state index in [0.717, 1.165) is 16.8 Å². The van der Waals surface area contributed by atoms with Crippen LogP contribution in [0.5, 0.6) is 0 Å². The Bertz CT molecular complexity index is 725. The molecule has 3 aromatic rings. The summed E-state index contributed by atoms with van der Waals surface area (Å²) >= 11 is 0. The van der Waals surface area contributed by atoms with E-state index in [2.05, 4.69) is 34.3 Å². The number of nitrogens with zero attached hydrogens (tertiary/aromatic N) is 3. The molecule has 3 rings (SSSR count). The van der Waals surface area contributed by atoms with Gasteiger partial charge in [-0.25, -0.2) is 9.97 Å². The summed E-state index contributed by atoms with van der Waals surface area (Å²) in [4.78, 5) is 12.9. The summed E-state index contributed by atoms with van der Waals surface area (Å²) < 4.78 is 0. The van der Waals surface area contributed by atoms with Crippen LogP contribution >= 0.6 is 0 Å². The van der Waals surface area contributed by atoms with Gasteiger partial charge in [0.15, 0.2) is 0 Å². The van der Waals surface area contributed by atoms with Crippen molar-refractivity contribution in [3.63, 3.8) is 0 Å². The lowest BCUT2D eigenvalue weighted by Gasteiger charge is -2.17. The minimum absolute atomic E-state index is 0.000457. The van der Waals surface area contributed by atoms with E-state index in [0.29, 0.717) is 0 Å². The van der Waals surface area contributed by atoms with E-state index in [1.54, 1.807) is 0 Å². The lowest BCUT2D eigenvalue weighted by Crippen LogP contribution is -2.19. The van der Waals surface area contributed by atoms with Crippen molar-refractivity contribution in [1.82, 2.24) is 20.3 Å². The zero-order valence-electron chi connectivity index (χ0n) is 11.5. The van der Waals surface area contributed by atoms with Crippen molar-refractivity contribution in [2.75, 3.05) is 7.05 Å². The lowest BCUT2D eigenvalue weighted by atomic mass is 10.0. The highest BCUT2D eigenvalue weighted by Crippen LogP contribution is 2.24. The highest BCUT2D eigenvalue weighted by atomic mass is 14.9. The molecule has 4 heteroatoms. The third kappa shape index (κ3) is 2.26. The van der Waals surface area contributed by atoms with Gasteiger partial charge in [0, 0.05) is 23.3 Å². The van der Waals surface area contributed by atoms with Crippen LogP contribution in [0.4, 0.5) is 0 Å². The summed E-state index contributed by atoms with van der Waals surface area (Å²) in [7, 11) is 1.92. The lowest BCUT2D eigenvalue weighted by molar-refractivity contribution is 0.667. The summed E-state index contributed by atoms with van der Waals surface area (Å²) in [6.45, 7) is 2.11. The number of pyridine rings is 1. The van der Waals surface area contributed by atoms with Crippen LogP contribution in [0, 0.1) is 6.92 Å². The number of aryl methyl sites for hydroxylation is 1. The zero-order chi connectivity index (χ0) is 13.9. The van der Waals surface area contributed by atoms with Gasteiger partial charge in [-0.2, -0.15) is 0 Å². The molecule has 0 aliphatic carbocycles. The third-order valence-electron chi connectivity index (χ3n) is 3.44. The maximum atomic E-state index is 4.77. The topological polar surface area (TPSA) is 50.7 Å². The normalized spacial score (nSPS) is 12.5. The first-order chi connectivity index (χ1) is 9.79. The largest absolute Gasteiger partial charge is 0.308 e. The fraction of sp³-hybridized carbons (Fsp3) is 0.188. The Kier molecular flexibility index (Phi) is 3.39. The number of rotatable bonds is 3. The van der Waals surface area contributed by atoms with E-state index < -0.39 is 0 Å². The van der Waals surface area contributed by atoms with Gasteiger partial charge < -0.3 is 5.32 Å². The maximum Gasteiger partial charge on any atom is 0.115 e. The summed E-state index contributed by atoms with van der Waals surface area (Å²) in [5, 5.41) is 4.47. The second-order valence-corrected chi connectivity index (χ2v) is 4.77. The molecule has 4 nitrogen and oxygen atoms in total. The molecule has 1 aromatic carbocycles. The number of hydrogen-bond acceptors (Lipinski definition) is 4. The summed E-state index contributed by atoms with van der Waals surface area (Å²) in [6, 6.07) is 10.3. The van der Waals surface area contributed by atoms with Gasteiger partial charge in [-0.1, -0.05) is 18.2 Å². The van der Waals surface area contributed by atoms with Crippen molar-refractivity contribution < 1.29 is 0 Å². The van der Waals surface area contributed by atoms with Crippen LogP contribution in [0.25, 0.3) is 10.9 Å². The molecule has 0 aliphatic rings. The Morgan fingerprint density at radius 2 is 1.85 bits per heavy atom. The molecule has 100 valence electrons. The van der Waals surface area contributed by atoms with Crippen molar-refractivity contribution in [3.8, 4) is 0 Å². The van der Waals surface area contributed by atoms with Crippen molar-refractivity contribution in [1.29, 1.82) is 0 Å². The number of para-hydroxylation sites is 1. The zero-order valence-corrected chi connectivity index (χ0v) is 11.5. The molecular formula is C16H16N4. The van der Waals surface area contributed by atoms with E-state index in [4.69, 9.17) is 4.98 Å². The van der Waals surface area contributed by atoms with Crippen molar-refractivity contribution >= 4 is 10.9 Å². The Balaban J connectivity index is 2.13. The monoisotopic (exact) mass is 264 g/mol. The van der Waals surface area contributed by atoms with E-state index in [9.17, 15) is 0 Å². The van der Waals surface area contributed by atoms with Crippen LogP contribution < -0.4 is 5.32 Å². The Morgan fingerprint density at radius 1 is 1.10 bits per heavy atom. The SMILES string of the molecule is CNC(c1cncnc1)c1cc(C)c2ccccc2n1. The first kappa shape index (κ1) is 12.7. The van der Waals surface area contributed by atoms with Gasteiger partial charge in [-0.3, -0.25) is 4.98 Å². The summed E-state index contributed by atoms with van der Waals surface area (Å²) in [5.74, 6) is 0. The van der Waals surface area contributed by atoms with E-state index in [1.165, 1.54) is 17.3 Å². The Morgan fingerprint density at radius 3 is 2.60 bits per heavy atom. The standard InChI is InChI=1S/C16H16N4/c1-11-7-15(20-14-6-4-3-5-13(11)14)16(17-2)12-8-18-10-19-9-12/h3-10,16-17H,1-2H3. The maximum absolute atomic E-state index is 4.77. The molecule has 0 radical (unpaired) electrons. The Hall–Kier alpha value is -2.33. The average Bonchev–Trinajstić information content (AvgIpc) is 2.49. The van der Waals surface area contributed by atoms with Crippen LogP contribution in [0.15, 0.2) is 49.1 Å². The molecule has 0 fully saturated rings. The molecule has 0 amide bonds. The summed E-state index contributed by atoms with van der Waals surface area (Å²) in [6.07, 6.45) is 5.18. The van der Waals surface area contributed by atoms with Crippen LogP contribution in [-0.2, 0) is 0 Å². The molecule has 20 heavy (non-hydrogen) atoms. The van der Waals surface area contributed by atoms with Crippen molar-refractivity contribution in [3.05, 3.63) is 65.9 Å². The highest BCUT2D eigenvalue weighted by Gasteiger charge is 2.15. The molecule has 0 spiro atoms. The number of fused-ring (bicyclic) bond motifs is 1. The van der Waals surface area contributed by atoms with Gasteiger partial charge in [0.1, 0.15) is 6.33 Å². The molecular weight excluding hydrogens is 248 g/mol. The number of aromatic nitrogens is 3. The van der Waals surface area contributed by atoms with E-state index in [1.807, 2.05) is 37.6 Å². The molecule has 0 bridgehead atoms. The smallest absolute Gasteiger partial charge is 0.115 e. The average molecular weight is 264 g/mol. The second kappa shape index (κ2) is 5.35. The molecule has 1 unspecified atom stereocenters. The van der Waals surface area contributed by atoms with Crippen LogP contribution in [-0.4, -0.2) is 22.0 Å². The summed E-state index contributed by atoms with van der Waals surface area (Å²) in [5.41, 5.74) is 4.23. The predicted octanol–water partition coefficient (Wildman–Crippen LogP) is 2.64. The van der Waals surface area contributed by atoms with Gasteiger partial charge >= 0.3 is 0 Å². The van der Waals surface area contributed by atoms with Gasteiger partial charge in [0.25, 0.3) is 0 Å². The molecule has 0 saturated heterocycles. The van der Waals surface area contributed by atoms with Gasteiger partial charge in [-0.05, 0) is 31.7 Å². The van der Waals surface area contributed by atoms with Crippen LogP contribution in [0.3, 0.4) is 0 Å². The predicted molar refractivity (Wildman–Crippen MR) is 79.4 cm³/mol. The molecule has 0 saturated carbocycles. The van der Waals surface area contributed by atoms with Gasteiger partial charge in [0.05, 0.1) is 17.3 Å². The molecule has 1 atom stereocenters. The van der Waals surface area contributed by atoms with Crippen molar-refractivity contribution in [2.45, 2.75) is 13.0 Å². The fourth-order valence-electron chi connectivity index (χ4n) is 2.47. The molecule has 2 heterocycles. The second-order valence-electron chi connectivity index (χ2n) is 4.77. The van der Waals surface area contributed by atoms with Crippen molar-refractivity contribution in [2.24, 2.45) is 0 Å². The number of hydrogen-bond donors (Lipinski definition) is 1. The quantitative estimate of drug-likeness (QED) is 0.790. The highest BCUT2D eigenvalue weighted by molar-refractivity contribution is 5.82. The van der Waals surface area contributed by atoms with Gasteiger partial charge in [0.2, 0.25) is 0 Å². The van der Waals surface area contributed by atoms with Crippen LogP contribution in [0.2, 0.25) is 0 Å². The minimum atomic E-state index is -0.000457. The van der Waals surface area contributed by atoms with E-state index in [-0.39, 0.29) is 6.04 Å². The third-order valence-corrected chi connectivity index (χ3v) is 3.44.